The smallest absolute Gasteiger partial charge is 0.390 e. The molecule has 0 unspecified atom stereocenters. The highest BCUT2D eigenvalue weighted by atomic mass is 19.4. The zero-order valence-corrected chi connectivity index (χ0v) is 14.0. The lowest BCUT2D eigenvalue weighted by atomic mass is 10.1. The molecule has 0 atom stereocenters. The lowest BCUT2D eigenvalue weighted by molar-refractivity contribution is -0.137. The first-order valence-corrected chi connectivity index (χ1v) is 7.96. The minimum Gasteiger partial charge on any atom is -0.390 e. The monoisotopic (exact) mass is 369 g/mol. The molecule has 2 aromatic rings. The van der Waals surface area contributed by atoms with E-state index in [2.05, 4.69) is 10.1 Å². The average molecular weight is 369 g/mol. The molecule has 9 heteroatoms. The van der Waals surface area contributed by atoms with Crippen LogP contribution in [-0.4, -0.2) is 46.5 Å². The molecule has 1 fully saturated rings. The van der Waals surface area contributed by atoms with E-state index in [1.54, 1.807) is 13.0 Å². The van der Waals surface area contributed by atoms with E-state index in [0.29, 0.717) is 36.1 Å². The molecule has 140 valence electrons. The summed E-state index contributed by atoms with van der Waals surface area (Å²) in [4.78, 5) is 4.38. The van der Waals surface area contributed by atoms with Crippen molar-refractivity contribution in [1.82, 2.24) is 14.8 Å². The van der Waals surface area contributed by atoms with Gasteiger partial charge in [0.05, 0.1) is 37.0 Å². The highest BCUT2D eigenvalue weighted by molar-refractivity contribution is 5.71. The first-order valence-electron chi connectivity index (χ1n) is 7.96. The number of aromatic nitrogens is 3. The molecular weight excluding hydrogens is 351 g/mol. The van der Waals surface area contributed by atoms with E-state index in [-0.39, 0.29) is 19.3 Å². The number of aliphatic hydroxyl groups is 1. The van der Waals surface area contributed by atoms with Crippen LogP contribution >= 0.6 is 0 Å². The lowest BCUT2D eigenvalue weighted by Gasteiger charge is -2.19. The Kier molecular flexibility index (Phi) is 5.40. The van der Waals surface area contributed by atoms with Gasteiger partial charge in [-0.15, -0.1) is 0 Å². The standard InChI is InChI=1S/C17H18F3N3O3/c1-11-21-16(13-8-25-10-26-9-13)22-23(11)15(7-24)6-12-2-4-14(5-3-12)17(18,19)20/h2-6,13,24H,7-10H2,1H3. The van der Waals surface area contributed by atoms with Gasteiger partial charge in [0.2, 0.25) is 0 Å². The van der Waals surface area contributed by atoms with Crippen LogP contribution in [0.4, 0.5) is 13.2 Å². The van der Waals surface area contributed by atoms with Crippen molar-refractivity contribution in [2.24, 2.45) is 0 Å². The molecule has 0 saturated carbocycles. The van der Waals surface area contributed by atoms with Gasteiger partial charge in [-0.05, 0) is 30.7 Å². The number of halogens is 3. The van der Waals surface area contributed by atoms with E-state index in [1.807, 2.05) is 0 Å². The fraction of sp³-hybridized carbons (Fsp3) is 0.412. The summed E-state index contributed by atoms with van der Waals surface area (Å²) in [7, 11) is 0. The normalized spacial score (nSPS) is 16.9. The van der Waals surface area contributed by atoms with Crippen LogP contribution in [0.3, 0.4) is 0 Å². The van der Waals surface area contributed by atoms with Crippen molar-refractivity contribution < 1.29 is 27.8 Å². The van der Waals surface area contributed by atoms with Crippen LogP contribution in [0.25, 0.3) is 11.8 Å². The molecule has 1 aliphatic heterocycles. The van der Waals surface area contributed by atoms with E-state index in [4.69, 9.17) is 9.47 Å². The summed E-state index contributed by atoms with van der Waals surface area (Å²) in [5, 5.41) is 14.1. The number of rotatable bonds is 4. The van der Waals surface area contributed by atoms with Crippen molar-refractivity contribution in [3.8, 4) is 0 Å². The largest absolute Gasteiger partial charge is 0.416 e. The summed E-state index contributed by atoms with van der Waals surface area (Å²) in [5.74, 6) is 0.987. The van der Waals surface area contributed by atoms with E-state index in [1.165, 1.54) is 16.8 Å². The van der Waals surface area contributed by atoms with Gasteiger partial charge in [0.1, 0.15) is 12.6 Å². The Morgan fingerprint density at radius 1 is 1.27 bits per heavy atom. The van der Waals surface area contributed by atoms with Crippen LogP contribution in [0.1, 0.15) is 28.7 Å². The summed E-state index contributed by atoms with van der Waals surface area (Å²) in [6, 6.07) is 4.68. The van der Waals surface area contributed by atoms with Gasteiger partial charge in [-0.25, -0.2) is 9.67 Å². The first kappa shape index (κ1) is 18.6. The summed E-state index contributed by atoms with van der Waals surface area (Å²) in [6.45, 7) is 2.52. The number of alkyl halides is 3. The third-order valence-electron chi connectivity index (χ3n) is 3.96. The predicted octanol–water partition coefficient (Wildman–Crippen LogP) is 2.68. The predicted molar refractivity (Wildman–Crippen MR) is 87.0 cm³/mol. The second kappa shape index (κ2) is 7.56. The molecule has 6 nitrogen and oxygen atoms in total. The van der Waals surface area contributed by atoms with Gasteiger partial charge < -0.3 is 14.6 Å². The van der Waals surface area contributed by atoms with Crippen LogP contribution in [0.2, 0.25) is 0 Å². The minimum absolute atomic E-state index is 0.102. The highest BCUT2D eigenvalue weighted by Crippen LogP contribution is 2.29. The molecule has 3 rings (SSSR count). The SMILES string of the molecule is Cc1nc(C2COCOC2)nn1C(=Cc1ccc(C(F)(F)F)cc1)CO. The van der Waals surface area contributed by atoms with Crippen LogP contribution in [0, 0.1) is 6.92 Å². The highest BCUT2D eigenvalue weighted by Gasteiger charge is 2.30. The molecule has 1 N–H and O–H groups in total. The molecule has 26 heavy (non-hydrogen) atoms. The van der Waals surface area contributed by atoms with E-state index >= 15 is 0 Å². The molecular formula is C17H18F3N3O3. The molecule has 2 heterocycles. The van der Waals surface area contributed by atoms with Crippen LogP contribution < -0.4 is 0 Å². The van der Waals surface area contributed by atoms with Crippen LogP contribution in [-0.2, 0) is 15.7 Å². The number of hydrogen-bond donors (Lipinski definition) is 1. The molecule has 0 amide bonds. The van der Waals surface area contributed by atoms with E-state index < -0.39 is 11.7 Å². The van der Waals surface area contributed by atoms with Crippen molar-refractivity contribution >= 4 is 11.8 Å². The van der Waals surface area contributed by atoms with Crippen molar-refractivity contribution in [1.29, 1.82) is 0 Å². The van der Waals surface area contributed by atoms with Gasteiger partial charge in [-0.3, -0.25) is 0 Å². The summed E-state index contributed by atoms with van der Waals surface area (Å²) in [5.41, 5.74) is 0.193. The zero-order valence-electron chi connectivity index (χ0n) is 14.0. The average Bonchev–Trinajstić information content (AvgIpc) is 3.02. The Bertz CT molecular complexity index is 779. The fourth-order valence-electron chi connectivity index (χ4n) is 2.63. The first-order chi connectivity index (χ1) is 12.4. The second-order valence-electron chi connectivity index (χ2n) is 5.90. The molecule has 0 spiro atoms. The maximum Gasteiger partial charge on any atom is 0.416 e. The molecule has 0 aliphatic carbocycles. The third kappa shape index (κ3) is 4.12. The second-order valence-corrected chi connectivity index (χ2v) is 5.90. The molecule has 1 aromatic heterocycles. The minimum atomic E-state index is -4.39. The fourth-order valence-corrected chi connectivity index (χ4v) is 2.63. The lowest BCUT2D eigenvalue weighted by Crippen LogP contribution is -2.23. The topological polar surface area (TPSA) is 69.4 Å². The van der Waals surface area contributed by atoms with Gasteiger partial charge in [-0.2, -0.15) is 18.3 Å². The Morgan fingerprint density at radius 3 is 2.50 bits per heavy atom. The van der Waals surface area contributed by atoms with Gasteiger partial charge in [0.25, 0.3) is 0 Å². The Morgan fingerprint density at radius 2 is 1.92 bits per heavy atom. The van der Waals surface area contributed by atoms with Crippen LogP contribution in [0.15, 0.2) is 24.3 Å². The van der Waals surface area contributed by atoms with Crippen molar-refractivity contribution in [3.63, 3.8) is 0 Å². The number of nitrogens with zero attached hydrogens (tertiary/aromatic N) is 3. The summed E-state index contributed by atoms with van der Waals surface area (Å²) < 4.78 is 49.9. The number of aliphatic hydroxyl groups excluding tert-OH is 1. The van der Waals surface area contributed by atoms with Gasteiger partial charge in [-0.1, -0.05) is 12.1 Å². The Labute approximate surface area is 147 Å². The van der Waals surface area contributed by atoms with Crippen molar-refractivity contribution in [3.05, 3.63) is 47.0 Å². The maximum atomic E-state index is 12.6. The number of aryl methyl sites for hydroxylation is 1. The summed E-state index contributed by atoms with van der Waals surface area (Å²) in [6.07, 6.45) is -2.82. The summed E-state index contributed by atoms with van der Waals surface area (Å²) >= 11 is 0. The van der Waals surface area contributed by atoms with Gasteiger partial charge in [0.15, 0.2) is 5.82 Å². The Balaban J connectivity index is 1.86. The molecule has 0 bridgehead atoms. The molecule has 1 aromatic carbocycles. The molecule has 0 radical (unpaired) electrons. The van der Waals surface area contributed by atoms with Crippen LogP contribution in [0.5, 0.6) is 0 Å². The Hall–Kier alpha value is -2.23. The quantitative estimate of drug-likeness (QED) is 0.897. The van der Waals surface area contributed by atoms with Crippen molar-refractivity contribution in [2.75, 3.05) is 26.6 Å². The van der Waals surface area contributed by atoms with Crippen molar-refractivity contribution in [2.45, 2.75) is 19.0 Å². The maximum absolute atomic E-state index is 12.6. The third-order valence-corrected chi connectivity index (χ3v) is 3.96. The van der Waals surface area contributed by atoms with Gasteiger partial charge in [0, 0.05) is 0 Å². The number of ether oxygens (including phenoxy) is 2. The molecule has 1 aliphatic rings. The zero-order chi connectivity index (χ0) is 18.7. The van der Waals surface area contributed by atoms with Gasteiger partial charge >= 0.3 is 6.18 Å². The number of benzene rings is 1. The van der Waals surface area contributed by atoms with E-state index in [0.717, 1.165) is 12.1 Å². The number of hydrogen-bond acceptors (Lipinski definition) is 5. The molecule has 1 saturated heterocycles. The van der Waals surface area contributed by atoms with E-state index in [9.17, 15) is 18.3 Å².